The fourth-order valence-corrected chi connectivity index (χ4v) is 2.82. The van der Waals surface area contributed by atoms with Crippen molar-refractivity contribution in [2.75, 3.05) is 0 Å². The number of rotatable bonds is 4. The molecule has 0 radical (unpaired) electrons. The third-order valence-corrected chi connectivity index (χ3v) is 3.92. The fraction of sp³-hybridized carbons (Fsp3) is 0.538. The average Bonchev–Trinajstić information content (AvgIpc) is 2.81. The molecule has 1 aromatic heterocycles. The van der Waals surface area contributed by atoms with Crippen LogP contribution in [0.2, 0.25) is 5.02 Å². The maximum Gasteiger partial charge on any atom is 0.307 e. The molecule has 1 aliphatic rings. The summed E-state index contributed by atoms with van der Waals surface area (Å²) in [6.07, 6.45) is 8.11. The van der Waals surface area contributed by atoms with Gasteiger partial charge < -0.3 is 5.11 Å². The number of carbonyl (C=O) groups is 1. The van der Waals surface area contributed by atoms with E-state index >= 15 is 0 Å². The van der Waals surface area contributed by atoms with E-state index in [4.69, 9.17) is 11.6 Å². The van der Waals surface area contributed by atoms with Crippen molar-refractivity contribution in [3.05, 3.63) is 29.0 Å². The number of carboxylic acid groups (broad SMARTS) is 1. The largest absolute Gasteiger partial charge is 0.481 e. The van der Waals surface area contributed by atoms with Crippen molar-refractivity contribution in [3.8, 4) is 0 Å². The van der Waals surface area contributed by atoms with Gasteiger partial charge in [0, 0.05) is 12.4 Å². The Balaban J connectivity index is 2.12. The van der Waals surface area contributed by atoms with Gasteiger partial charge in [-0.2, -0.15) is 0 Å². The van der Waals surface area contributed by atoms with Gasteiger partial charge in [-0.15, -0.1) is 0 Å². The van der Waals surface area contributed by atoms with Crippen molar-refractivity contribution in [2.24, 2.45) is 11.8 Å². The Labute approximate surface area is 106 Å². The van der Waals surface area contributed by atoms with Gasteiger partial charge in [0.15, 0.2) is 0 Å². The van der Waals surface area contributed by atoms with Crippen LogP contribution < -0.4 is 0 Å². The van der Waals surface area contributed by atoms with E-state index in [1.807, 2.05) is 6.07 Å². The molecule has 2 rings (SSSR count). The first-order valence-corrected chi connectivity index (χ1v) is 6.37. The van der Waals surface area contributed by atoms with Crippen LogP contribution in [0.1, 0.15) is 31.2 Å². The van der Waals surface area contributed by atoms with E-state index in [-0.39, 0.29) is 5.92 Å². The molecule has 1 aromatic rings. The van der Waals surface area contributed by atoms with Crippen molar-refractivity contribution in [2.45, 2.75) is 32.1 Å². The zero-order valence-electron chi connectivity index (χ0n) is 9.60. The predicted octanol–water partition coefficient (Wildman–Crippen LogP) is 3.17. The molecule has 1 aliphatic carbocycles. The van der Waals surface area contributed by atoms with Crippen LogP contribution in [-0.4, -0.2) is 16.1 Å². The second-order valence-electron chi connectivity index (χ2n) is 4.66. The summed E-state index contributed by atoms with van der Waals surface area (Å²) in [6, 6.07) is 1.81. The molecule has 0 spiro atoms. The Hall–Kier alpha value is -1.09. The van der Waals surface area contributed by atoms with Gasteiger partial charge in [0.1, 0.15) is 0 Å². The molecular formula is C13H16ClNO2. The third kappa shape index (κ3) is 2.97. The maximum absolute atomic E-state index is 11.3. The molecule has 1 fully saturated rings. The number of halogens is 1. The van der Waals surface area contributed by atoms with Crippen LogP contribution in [0.25, 0.3) is 0 Å². The van der Waals surface area contributed by atoms with Crippen molar-refractivity contribution >= 4 is 17.6 Å². The van der Waals surface area contributed by atoms with Crippen LogP contribution >= 0.6 is 11.6 Å². The Kier molecular flexibility index (Phi) is 4.00. The van der Waals surface area contributed by atoms with E-state index in [1.54, 1.807) is 12.4 Å². The summed E-state index contributed by atoms with van der Waals surface area (Å²) in [5.41, 5.74) is 0.890. The zero-order chi connectivity index (χ0) is 12.3. The van der Waals surface area contributed by atoms with Gasteiger partial charge in [-0.25, -0.2) is 0 Å². The SMILES string of the molecule is O=C(O)C(Cc1ccncc1Cl)C1CCCC1. The lowest BCUT2D eigenvalue weighted by atomic mass is 9.86. The molecule has 1 heterocycles. The molecule has 1 N–H and O–H groups in total. The molecule has 1 unspecified atom stereocenters. The lowest BCUT2D eigenvalue weighted by molar-refractivity contribution is -0.143. The van der Waals surface area contributed by atoms with E-state index in [9.17, 15) is 9.90 Å². The standard InChI is InChI=1S/C13H16ClNO2/c14-12-8-15-6-5-10(12)7-11(13(16)17)9-3-1-2-4-9/h5-6,8-9,11H,1-4,7H2,(H,16,17). The first-order valence-electron chi connectivity index (χ1n) is 5.99. The van der Waals surface area contributed by atoms with E-state index in [1.165, 1.54) is 0 Å². The van der Waals surface area contributed by atoms with E-state index in [0.29, 0.717) is 17.4 Å². The summed E-state index contributed by atoms with van der Waals surface area (Å²) in [4.78, 5) is 15.3. The van der Waals surface area contributed by atoms with Crippen LogP contribution in [0.15, 0.2) is 18.5 Å². The Morgan fingerprint density at radius 3 is 2.82 bits per heavy atom. The van der Waals surface area contributed by atoms with Crippen molar-refractivity contribution in [3.63, 3.8) is 0 Å². The van der Waals surface area contributed by atoms with Crippen LogP contribution in [0, 0.1) is 11.8 Å². The normalized spacial score (nSPS) is 18.2. The molecule has 1 saturated carbocycles. The molecule has 1 atom stereocenters. The molecule has 0 aromatic carbocycles. The summed E-state index contributed by atoms with van der Waals surface area (Å²) in [7, 11) is 0. The van der Waals surface area contributed by atoms with Crippen LogP contribution in [-0.2, 0) is 11.2 Å². The zero-order valence-corrected chi connectivity index (χ0v) is 10.4. The van der Waals surface area contributed by atoms with Gasteiger partial charge in [-0.3, -0.25) is 9.78 Å². The number of aliphatic carboxylic acids is 1. The average molecular weight is 254 g/mol. The minimum absolute atomic E-state index is 0.303. The Morgan fingerprint density at radius 2 is 2.24 bits per heavy atom. The number of aromatic nitrogens is 1. The van der Waals surface area contributed by atoms with E-state index in [0.717, 1.165) is 31.2 Å². The van der Waals surface area contributed by atoms with Crippen LogP contribution in [0.4, 0.5) is 0 Å². The molecule has 0 amide bonds. The topological polar surface area (TPSA) is 50.2 Å². The van der Waals surface area contributed by atoms with E-state index < -0.39 is 5.97 Å². The van der Waals surface area contributed by atoms with Crippen molar-refractivity contribution in [1.82, 2.24) is 4.98 Å². The highest BCUT2D eigenvalue weighted by Gasteiger charge is 2.30. The first-order chi connectivity index (χ1) is 8.18. The monoisotopic (exact) mass is 253 g/mol. The second kappa shape index (κ2) is 5.50. The van der Waals surface area contributed by atoms with Gasteiger partial charge in [0.05, 0.1) is 10.9 Å². The van der Waals surface area contributed by atoms with Crippen LogP contribution in [0.3, 0.4) is 0 Å². The number of hydrogen-bond donors (Lipinski definition) is 1. The molecule has 17 heavy (non-hydrogen) atoms. The molecule has 0 aliphatic heterocycles. The number of pyridine rings is 1. The summed E-state index contributed by atoms with van der Waals surface area (Å²) < 4.78 is 0. The van der Waals surface area contributed by atoms with Gasteiger partial charge in [-0.1, -0.05) is 24.4 Å². The molecule has 0 bridgehead atoms. The second-order valence-corrected chi connectivity index (χ2v) is 5.07. The quantitative estimate of drug-likeness (QED) is 0.897. The Morgan fingerprint density at radius 1 is 1.53 bits per heavy atom. The maximum atomic E-state index is 11.3. The number of hydrogen-bond acceptors (Lipinski definition) is 2. The van der Waals surface area contributed by atoms with Crippen molar-refractivity contribution in [1.29, 1.82) is 0 Å². The first kappa shape index (κ1) is 12.4. The lowest BCUT2D eigenvalue weighted by Gasteiger charge is -2.19. The minimum atomic E-state index is -0.704. The predicted molar refractivity (Wildman–Crippen MR) is 66.0 cm³/mol. The van der Waals surface area contributed by atoms with Gasteiger partial charge in [0.2, 0.25) is 0 Å². The minimum Gasteiger partial charge on any atom is -0.481 e. The van der Waals surface area contributed by atoms with Gasteiger partial charge in [-0.05, 0) is 36.8 Å². The summed E-state index contributed by atoms with van der Waals surface area (Å²) in [6.45, 7) is 0. The molecule has 92 valence electrons. The number of carboxylic acids is 1. The fourth-order valence-electron chi connectivity index (χ4n) is 2.62. The third-order valence-electron chi connectivity index (χ3n) is 3.58. The van der Waals surface area contributed by atoms with Gasteiger partial charge >= 0.3 is 5.97 Å². The summed E-state index contributed by atoms with van der Waals surface area (Å²) in [5, 5.41) is 9.89. The number of nitrogens with zero attached hydrogens (tertiary/aromatic N) is 1. The molecular weight excluding hydrogens is 238 g/mol. The highest BCUT2D eigenvalue weighted by Crippen LogP contribution is 2.34. The van der Waals surface area contributed by atoms with Crippen LogP contribution in [0.5, 0.6) is 0 Å². The molecule has 4 heteroatoms. The Bertz CT molecular complexity index is 402. The summed E-state index contributed by atoms with van der Waals surface area (Å²) in [5.74, 6) is -0.709. The molecule has 0 saturated heterocycles. The highest BCUT2D eigenvalue weighted by atomic mass is 35.5. The summed E-state index contributed by atoms with van der Waals surface area (Å²) >= 11 is 6.02. The van der Waals surface area contributed by atoms with Crippen molar-refractivity contribution < 1.29 is 9.90 Å². The lowest BCUT2D eigenvalue weighted by Crippen LogP contribution is -2.24. The molecule has 3 nitrogen and oxygen atoms in total. The smallest absolute Gasteiger partial charge is 0.307 e. The highest BCUT2D eigenvalue weighted by molar-refractivity contribution is 6.31. The van der Waals surface area contributed by atoms with Gasteiger partial charge in [0.25, 0.3) is 0 Å². The van der Waals surface area contributed by atoms with E-state index in [2.05, 4.69) is 4.98 Å².